The van der Waals surface area contributed by atoms with Crippen LogP contribution in [0.25, 0.3) is 0 Å². The zero-order valence-corrected chi connectivity index (χ0v) is 18.8. The summed E-state index contributed by atoms with van der Waals surface area (Å²) in [4.78, 5) is 40.5. The van der Waals surface area contributed by atoms with Crippen molar-refractivity contribution < 1.29 is 36.7 Å². The molecule has 7 nitrogen and oxygen atoms in total. The van der Waals surface area contributed by atoms with Crippen molar-refractivity contribution in [3.63, 3.8) is 0 Å². The molecule has 0 unspecified atom stereocenters. The summed E-state index contributed by atoms with van der Waals surface area (Å²) in [5, 5.41) is 1.90. The first-order valence-corrected chi connectivity index (χ1v) is 10.5. The number of carbonyl (C=O) groups excluding carboxylic acids is 3. The minimum absolute atomic E-state index is 0.0463. The van der Waals surface area contributed by atoms with E-state index in [-0.39, 0.29) is 36.4 Å². The van der Waals surface area contributed by atoms with Gasteiger partial charge in [-0.25, -0.2) is 0 Å². The number of ether oxygens (including phenoxy) is 1. The molecule has 0 saturated heterocycles. The van der Waals surface area contributed by atoms with Gasteiger partial charge in [0.15, 0.2) is 5.78 Å². The van der Waals surface area contributed by atoms with Crippen LogP contribution in [0.4, 0.5) is 13.2 Å². The number of allylic oxidation sites excluding steroid dienone is 1. The summed E-state index contributed by atoms with van der Waals surface area (Å²) in [6.07, 6.45) is -4.08. The Kier molecular flexibility index (Phi) is 5.58. The van der Waals surface area contributed by atoms with E-state index >= 15 is 0 Å². The van der Waals surface area contributed by atoms with Crippen LogP contribution in [0, 0.1) is 5.41 Å². The average molecular weight is 476 g/mol. The summed E-state index contributed by atoms with van der Waals surface area (Å²) in [7, 11) is 1.41. The zero-order chi connectivity index (χ0) is 24.9. The number of carbonyl (C=O) groups is 3. The van der Waals surface area contributed by atoms with Crippen molar-refractivity contribution in [1.29, 1.82) is 0 Å². The molecule has 0 spiro atoms. The van der Waals surface area contributed by atoms with E-state index in [0.717, 1.165) is 4.90 Å². The third-order valence-corrected chi connectivity index (χ3v) is 6.09. The molecule has 0 saturated carbocycles. The molecule has 10 heteroatoms. The lowest BCUT2D eigenvalue weighted by Crippen LogP contribution is -2.66. The monoisotopic (exact) mass is 476 g/mol. The summed E-state index contributed by atoms with van der Waals surface area (Å²) >= 11 is 0. The molecule has 1 aliphatic heterocycles. The highest BCUT2D eigenvalue weighted by Gasteiger charge is 2.71. The van der Waals surface area contributed by atoms with Crippen LogP contribution >= 0.6 is 0 Å². The number of hydrogen-bond donors (Lipinski definition) is 1. The number of ketones is 1. The number of furan rings is 1. The maximum absolute atomic E-state index is 14.8. The van der Waals surface area contributed by atoms with E-state index < -0.39 is 40.3 Å². The largest absolute Gasteiger partial charge is 0.497 e. The first-order valence-electron chi connectivity index (χ1n) is 10.5. The van der Waals surface area contributed by atoms with E-state index in [1.807, 2.05) is 5.32 Å². The molecule has 1 N–H and O–H groups in total. The Morgan fingerprint density at radius 1 is 1.15 bits per heavy atom. The number of hydrogen-bond acceptors (Lipinski definition) is 5. The van der Waals surface area contributed by atoms with Crippen molar-refractivity contribution in [2.24, 2.45) is 5.41 Å². The summed E-state index contributed by atoms with van der Waals surface area (Å²) in [6.45, 7) is 3.19. The fraction of sp³-hybridized carbons (Fsp3) is 0.375. The van der Waals surface area contributed by atoms with E-state index in [1.165, 1.54) is 43.7 Å². The molecule has 34 heavy (non-hydrogen) atoms. The van der Waals surface area contributed by atoms with Crippen molar-refractivity contribution in [2.45, 2.75) is 44.9 Å². The number of methoxy groups -OCH3 is 1. The number of nitrogens with one attached hydrogen (secondary N) is 1. The van der Waals surface area contributed by atoms with Gasteiger partial charge in [-0.05, 0) is 48.2 Å². The molecule has 0 fully saturated rings. The Bertz CT molecular complexity index is 1170. The molecule has 1 aromatic heterocycles. The quantitative estimate of drug-likeness (QED) is 0.705. The molecular formula is C24H23F3N2O5. The van der Waals surface area contributed by atoms with Gasteiger partial charge < -0.3 is 19.4 Å². The van der Waals surface area contributed by atoms with E-state index in [0.29, 0.717) is 5.75 Å². The standard InChI is InChI=1S/C24H23F3N2O5/c1-22(2)11-17-19(18(30)12-22)23(24(25,26)27,21(32)29(17)13-16-5-4-10-34-16)28-20(31)14-6-8-15(33-3)9-7-14/h4-10H,11-13H2,1-3H3,(H,28,31)/t23-/m0/s1. The minimum atomic E-state index is -5.28. The fourth-order valence-electron chi connectivity index (χ4n) is 4.54. The Labute approximate surface area is 193 Å². The number of Topliss-reactive ketones (excluding diaryl/α,β-unsaturated/α-hetero) is 1. The summed E-state index contributed by atoms with van der Waals surface area (Å²) in [5.74, 6) is -2.75. The summed E-state index contributed by atoms with van der Waals surface area (Å²) in [6, 6.07) is 8.44. The third-order valence-electron chi connectivity index (χ3n) is 6.09. The SMILES string of the molecule is COc1ccc(C(=O)N[C@]2(C(F)(F)F)C(=O)N(Cc3ccco3)C3=C2C(=O)CC(C)(C)C3)cc1. The average Bonchev–Trinajstić information content (AvgIpc) is 3.34. The Hall–Kier alpha value is -3.56. The van der Waals surface area contributed by atoms with Gasteiger partial charge in [0.25, 0.3) is 11.8 Å². The molecule has 2 aliphatic rings. The van der Waals surface area contributed by atoms with Crippen molar-refractivity contribution in [3.8, 4) is 5.75 Å². The van der Waals surface area contributed by atoms with Gasteiger partial charge in [0.05, 0.1) is 25.5 Å². The number of amides is 2. The number of rotatable bonds is 5. The van der Waals surface area contributed by atoms with Crippen molar-refractivity contribution in [2.75, 3.05) is 7.11 Å². The maximum atomic E-state index is 14.8. The predicted molar refractivity (Wildman–Crippen MR) is 114 cm³/mol. The van der Waals surface area contributed by atoms with E-state index in [4.69, 9.17) is 9.15 Å². The molecule has 2 heterocycles. The van der Waals surface area contributed by atoms with Crippen LogP contribution in [-0.2, 0) is 16.1 Å². The van der Waals surface area contributed by atoms with Crippen LogP contribution in [0.1, 0.15) is 42.8 Å². The smallest absolute Gasteiger partial charge is 0.425 e. The molecule has 1 aromatic carbocycles. The molecule has 2 amide bonds. The zero-order valence-electron chi connectivity index (χ0n) is 18.8. The summed E-state index contributed by atoms with van der Waals surface area (Å²) in [5.41, 5.74) is -5.06. The molecule has 0 radical (unpaired) electrons. The van der Waals surface area contributed by atoms with Gasteiger partial charge in [-0.3, -0.25) is 14.4 Å². The number of halogens is 3. The lowest BCUT2D eigenvalue weighted by molar-refractivity contribution is -0.191. The highest BCUT2D eigenvalue weighted by molar-refractivity contribution is 6.14. The van der Waals surface area contributed by atoms with Crippen molar-refractivity contribution in [3.05, 3.63) is 65.3 Å². The van der Waals surface area contributed by atoms with Gasteiger partial charge in [-0.1, -0.05) is 13.8 Å². The lowest BCUT2D eigenvalue weighted by Gasteiger charge is -2.35. The topological polar surface area (TPSA) is 88.8 Å². The van der Waals surface area contributed by atoms with Crippen LogP contribution in [0.2, 0.25) is 0 Å². The Morgan fingerprint density at radius 2 is 1.82 bits per heavy atom. The normalized spacial score (nSPS) is 22.1. The minimum Gasteiger partial charge on any atom is -0.497 e. The van der Waals surface area contributed by atoms with Gasteiger partial charge >= 0.3 is 6.18 Å². The lowest BCUT2D eigenvalue weighted by atomic mass is 9.72. The van der Waals surface area contributed by atoms with Crippen LogP contribution in [-0.4, -0.2) is 41.3 Å². The molecule has 1 aliphatic carbocycles. The molecule has 4 rings (SSSR count). The van der Waals surface area contributed by atoms with Gasteiger partial charge in [0.1, 0.15) is 11.5 Å². The van der Waals surface area contributed by atoms with E-state index in [1.54, 1.807) is 19.9 Å². The number of benzene rings is 1. The number of alkyl halides is 3. The highest BCUT2D eigenvalue weighted by atomic mass is 19.4. The van der Waals surface area contributed by atoms with Crippen LogP contribution in [0.15, 0.2) is 58.3 Å². The molecule has 1 atom stereocenters. The first kappa shape index (κ1) is 23.6. The van der Waals surface area contributed by atoms with Crippen LogP contribution in [0.3, 0.4) is 0 Å². The Morgan fingerprint density at radius 3 is 2.38 bits per heavy atom. The summed E-state index contributed by atoms with van der Waals surface area (Å²) < 4.78 is 54.5. The van der Waals surface area contributed by atoms with E-state index in [9.17, 15) is 27.6 Å². The molecule has 2 aromatic rings. The van der Waals surface area contributed by atoms with Gasteiger partial charge in [-0.2, -0.15) is 13.2 Å². The van der Waals surface area contributed by atoms with Crippen molar-refractivity contribution in [1.82, 2.24) is 10.2 Å². The van der Waals surface area contributed by atoms with Gasteiger partial charge in [0.2, 0.25) is 5.54 Å². The van der Waals surface area contributed by atoms with Gasteiger partial charge in [-0.15, -0.1) is 0 Å². The Balaban J connectivity index is 1.84. The van der Waals surface area contributed by atoms with Crippen LogP contribution < -0.4 is 10.1 Å². The number of nitrogens with zero attached hydrogens (tertiary/aromatic N) is 1. The second-order valence-electron chi connectivity index (χ2n) is 9.16. The molecule has 180 valence electrons. The maximum Gasteiger partial charge on any atom is 0.425 e. The highest BCUT2D eigenvalue weighted by Crippen LogP contribution is 2.52. The van der Waals surface area contributed by atoms with Crippen LogP contribution in [0.5, 0.6) is 5.75 Å². The fourth-order valence-corrected chi connectivity index (χ4v) is 4.54. The first-order chi connectivity index (χ1) is 15.9. The van der Waals surface area contributed by atoms with Crippen molar-refractivity contribution >= 4 is 17.6 Å². The van der Waals surface area contributed by atoms with E-state index in [2.05, 4.69) is 0 Å². The van der Waals surface area contributed by atoms with Gasteiger partial charge in [0, 0.05) is 17.7 Å². The molecule has 0 bridgehead atoms. The molecular weight excluding hydrogens is 453 g/mol. The second kappa shape index (κ2) is 8.03. The predicted octanol–water partition coefficient (Wildman–Crippen LogP) is 4.00. The second-order valence-corrected chi connectivity index (χ2v) is 9.16. The third kappa shape index (κ3) is 3.76.